The minimum atomic E-state index is 0.250. The van der Waals surface area contributed by atoms with Gasteiger partial charge in [-0.1, -0.05) is 36.4 Å². The van der Waals surface area contributed by atoms with Gasteiger partial charge in [-0.05, 0) is 56.4 Å². The van der Waals surface area contributed by atoms with E-state index in [0.29, 0.717) is 0 Å². The minimum Gasteiger partial charge on any atom is -0.312 e. The summed E-state index contributed by atoms with van der Waals surface area (Å²) in [4.78, 5) is 4.32. The summed E-state index contributed by atoms with van der Waals surface area (Å²) in [5.41, 5.74) is 3.40. The van der Waals surface area contributed by atoms with Crippen LogP contribution in [0.1, 0.15) is 13.8 Å². The van der Waals surface area contributed by atoms with Gasteiger partial charge in [0.15, 0.2) is 5.11 Å². The van der Waals surface area contributed by atoms with E-state index in [2.05, 4.69) is 54.0 Å². The maximum absolute atomic E-state index is 5.78. The van der Waals surface area contributed by atoms with Crippen molar-refractivity contribution in [1.29, 1.82) is 0 Å². The standard InChI is InChI=1S/C18H18N2S/c1-14-13-15(2)20(17-11-7-4-8-12-17)18(21)19(14)16-9-5-3-6-10-16/h3-14H,1-2H3. The third-order valence-electron chi connectivity index (χ3n) is 3.69. The zero-order valence-electron chi connectivity index (χ0n) is 12.2. The van der Waals surface area contributed by atoms with E-state index in [1.807, 2.05) is 36.4 Å². The Hall–Kier alpha value is -2.13. The Labute approximate surface area is 131 Å². The van der Waals surface area contributed by atoms with Crippen LogP contribution >= 0.6 is 12.2 Å². The molecule has 3 rings (SSSR count). The predicted molar refractivity (Wildman–Crippen MR) is 93.7 cm³/mol. The molecule has 0 N–H and O–H groups in total. The fourth-order valence-electron chi connectivity index (χ4n) is 2.76. The second kappa shape index (κ2) is 5.70. The minimum absolute atomic E-state index is 0.250. The second-order valence-electron chi connectivity index (χ2n) is 5.21. The molecule has 0 saturated carbocycles. The van der Waals surface area contributed by atoms with Crippen LogP contribution in [0.15, 0.2) is 72.4 Å². The van der Waals surface area contributed by atoms with Crippen LogP contribution in [0.4, 0.5) is 11.4 Å². The SMILES string of the molecule is CC1=CC(C)N(c2ccccc2)C(=S)N1c1ccccc1. The summed E-state index contributed by atoms with van der Waals surface area (Å²) < 4.78 is 0. The molecule has 1 unspecified atom stereocenters. The van der Waals surface area contributed by atoms with Crippen molar-refractivity contribution in [3.63, 3.8) is 0 Å². The Bertz CT molecular complexity index is 664. The zero-order chi connectivity index (χ0) is 14.8. The van der Waals surface area contributed by atoms with Gasteiger partial charge in [-0.3, -0.25) is 4.90 Å². The van der Waals surface area contributed by atoms with Crippen LogP contribution < -0.4 is 9.80 Å². The number of thiocarbonyl (C=S) groups is 1. The molecule has 0 saturated heterocycles. The van der Waals surface area contributed by atoms with Crippen molar-refractivity contribution >= 4 is 28.7 Å². The molecule has 2 aromatic rings. The Balaban J connectivity index is 2.04. The average Bonchev–Trinajstić information content (AvgIpc) is 2.49. The molecular formula is C18H18N2S. The number of hydrogen-bond donors (Lipinski definition) is 0. The largest absolute Gasteiger partial charge is 0.312 e. The average molecular weight is 294 g/mol. The van der Waals surface area contributed by atoms with Crippen LogP contribution in [0, 0.1) is 0 Å². The van der Waals surface area contributed by atoms with Crippen molar-refractivity contribution in [3.05, 3.63) is 72.4 Å². The lowest BCUT2D eigenvalue weighted by atomic mass is 10.1. The number of allylic oxidation sites excluding steroid dienone is 1. The van der Waals surface area contributed by atoms with Crippen molar-refractivity contribution in [3.8, 4) is 0 Å². The molecule has 1 heterocycles. The Morgan fingerprint density at radius 2 is 1.38 bits per heavy atom. The van der Waals surface area contributed by atoms with Crippen LogP contribution in [-0.4, -0.2) is 11.2 Å². The monoisotopic (exact) mass is 294 g/mol. The third kappa shape index (κ3) is 2.57. The van der Waals surface area contributed by atoms with Gasteiger partial charge in [0.25, 0.3) is 0 Å². The van der Waals surface area contributed by atoms with E-state index in [4.69, 9.17) is 12.2 Å². The van der Waals surface area contributed by atoms with E-state index >= 15 is 0 Å². The summed E-state index contributed by atoms with van der Waals surface area (Å²) in [6.45, 7) is 4.28. The quantitative estimate of drug-likeness (QED) is 0.748. The summed E-state index contributed by atoms with van der Waals surface area (Å²) in [5, 5.41) is 0.819. The lowest BCUT2D eigenvalue weighted by Crippen LogP contribution is -2.50. The van der Waals surface area contributed by atoms with Crippen molar-refractivity contribution in [2.75, 3.05) is 9.80 Å². The Morgan fingerprint density at radius 3 is 1.95 bits per heavy atom. The fraction of sp³-hybridized carbons (Fsp3) is 0.167. The van der Waals surface area contributed by atoms with Crippen molar-refractivity contribution in [2.24, 2.45) is 0 Å². The molecule has 0 aliphatic carbocycles. The first-order chi connectivity index (χ1) is 10.2. The van der Waals surface area contributed by atoms with E-state index in [0.717, 1.165) is 16.5 Å². The maximum atomic E-state index is 5.78. The summed E-state index contributed by atoms with van der Waals surface area (Å²) in [6.07, 6.45) is 2.25. The predicted octanol–water partition coefficient (Wildman–Crippen LogP) is 4.59. The number of benzene rings is 2. The van der Waals surface area contributed by atoms with Crippen LogP contribution in [0.2, 0.25) is 0 Å². The zero-order valence-corrected chi connectivity index (χ0v) is 13.0. The number of nitrogens with zero attached hydrogens (tertiary/aromatic N) is 2. The van der Waals surface area contributed by atoms with Crippen LogP contribution in [0.25, 0.3) is 0 Å². The smallest absolute Gasteiger partial charge is 0.185 e. The molecule has 0 amide bonds. The molecule has 106 valence electrons. The molecule has 1 aliphatic rings. The fourth-order valence-corrected chi connectivity index (χ4v) is 3.28. The first-order valence-electron chi connectivity index (χ1n) is 7.10. The molecule has 0 fully saturated rings. The van der Waals surface area contributed by atoms with E-state index in [9.17, 15) is 0 Å². The normalized spacial score (nSPS) is 18.7. The second-order valence-corrected chi connectivity index (χ2v) is 5.57. The maximum Gasteiger partial charge on any atom is 0.185 e. The molecule has 0 radical (unpaired) electrons. The van der Waals surface area contributed by atoms with Gasteiger partial charge < -0.3 is 4.90 Å². The summed E-state index contributed by atoms with van der Waals surface area (Å²) in [7, 11) is 0. The van der Waals surface area contributed by atoms with Gasteiger partial charge in [-0.2, -0.15) is 0 Å². The first kappa shape index (κ1) is 13.8. The van der Waals surface area contributed by atoms with Crippen LogP contribution in [0.3, 0.4) is 0 Å². The van der Waals surface area contributed by atoms with Crippen LogP contribution in [0.5, 0.6) is 0 Å². The van der Waals surface area contributed by atoms with E-state index in [-0.39, 0.29) is 6.04 Å². The molecule has 1 aliphatic heterocycles. The molecule has 0 bridgehead atoms. The lowest BCUT2D eigenvalue weighted by Gasteiger charge is -2.41. The van der Waals surface area contributed by atoms with Gasteiger partial charge >= 0.3 is 0 Å². The van der Waals surface area contributed by atoms with Gasteiger partial charge in [0, 0.05) is 17.1 Å². The highest BCUT2D eigenvalue weighted by atomic mass is 32.1. The topological polar surface area (TPSA) is 6.48 Å². The molecule has 0 aromatic heterocycles. The molecular weight excluding hydrogens is 276 g/mol. The highest BCUT2D eigenvalue weighted by molar-refractivity contribution is 7.80. The molecule has 3 heteroatoms. The molecule has 0 spiro atoms. The molecule has 21 heavy (non-hydrogen) atoms. The van der Waals surface area contributed by atoms with E-state index in [1.54, 1.807) is 0 Å². The Kier molecular flexibility index (Phi) is 3.76. The number of hydrogen-bond acceptors (Lipinski definition) is 1. The van der Waals surface area contributed by atoms with Crippen molar-refractivity contribution in [1.82, 2.24) is 0 Å². The van der Waals surface area contributed by atoms with Gasteiger partial charge in [0.2, 0.25) is 0 Å². The van der Waals surface area contributed by atoms with E-state index < -0.39 is 0 Å². The van der Waals surface area contributed by atoms with E-state index in [1.165, 1.54) is 5.70 Å². The highest BCUT2D eigenvalue weighted by Crippen LogP contribution is 2.30. The summed E-state index contributed by atoms with van der Waals surface area (Å²) in [6, 6.07) is 20.8. The third-order valence-corrected chi connectivity index (χ3v) is 4.07. The number of rotatable bonds is 2. The molecule has 1 atom stereocenters. The van der Waals surface area contributed by atoms with Crippen LogP contribution in [-0.2, 0) is 0 Å². The summed E-state index contributed by atoms with van der Waals surface area (Å²) >= 11 is 5.78. The van der Waals surface area contributed by atoms with Gasteiger partial charge in [-0.25, -0.2) is 0 Å². The Morgan fingerprint density at radius 1 is 0.857 bits per heavy atom. The summed E-state index contributed by atoms with van der Waals surface area (Å²) in [5.74, 6) is 0. The highest BCUT2D eigenvalue weighted by Gasteiger charge is 2.28. The molecule has 2 aromatic carbocycles. The first-order valence-corrected chi connectivity index (χ1v) is 7.51. The lowest BCUT2D eigenvalue weighted by molar-refractivity contribution is 0.843. The van der Waals surface area contributed by atoms with Gasteiger partial charge in [0.05, 0.1) is 6.04 Å². The van der Waals surface area contributed by atoms with Crippen molar-refractivity contribution < 1.29 is 0 Å². The van der Waals surface area contributed by atoms with Crippen molar-refractivity contribution in [2.45, 2.75) is 19.9 Å². The number of anilines is 2. The van der Waals surface area contributed by atoms with Gasteiger partial charge in [-0.15, -0.1) is 0 Å². The van der Waals surface area contributed by atoms with Gasteiger partial charge in [0.1, 0.15) is 0 Å². The molecule has 2 nitrogen and oxygen atoms in total. The number of para-hydroxylation sites is 2.